The molecule has 0 unspecified atom stereocenters. The Hall–Kier alpha value is -0.570. The van der Waals surface area contributed by atoms with Gasteiger partial charge in [-0.3, -0.25) is 4.79 Å². The molecule has 0 saturated carbocycles. The summed E-state index contributed by atoms with van der Waals surface area (Å²) in [5, 5.41) is 0. The molecule has 0 aliphatic rings. The lowest BCUT2D eigenvalue weighted by atomic mass is 10.4. The van der Waals surface area contributed by atoms with Crippen molar-refractivity contribution in [3.8, 4) is 0 Å². The van der Waals surface area contributed by atoms with Crippen LogP contribution in [0.3, 0.4) is 0 Å². The van der Waals surface area contributed by atoms with Gasteiger partial charge in [0.2, 0.25) is 5.91 Å². The van der Waals surface area contributed by atoms with Gasteiger partial charge in [-0.15, -0.1) is 0 Å². The first-order valence-corrected chi connectivity index (χ1v) is 3.16. The lowest BCUT2D eigenvalue weighted by Gasteiger charge is -2.13. The highest BCUT2D eigenvalue weighted by Gasteiger charge is 2.01. The van der Waals surface area contributed by atoms with Gasteiger partial charge in [-0.05, 0) is 0 Å². The summed E-state index contributed by atoms with van der Waals surface area (Å²) in [5.74, 6) is 0.153. The fourth-order valence-electron chi connectivity index (χ4n) is 0.588. The summed E-state index contributed by atoms with van der Waals surface area (Å²) in [6.07, 6.45) is 0.566. The van der Waals surface area contributed by atoms with Crippen LogP contribution in [0.25, 0.3) is 0 Å². The predicted molar refractivity (Wildman–Crippen MR) is 37.0 cm³/mol. The number of amides is 1. The van der Waals surface area contributed by atoms with Crippen molar-refractivity contribution in [1.82, 2.24) is 4.90 Å². The van der Waals surface area contributed by atoms with Crippen molar-refractivity contribution in [2.24, 2.45) is 5.73 Å². The quantitative estimate of drug-likeness (QED) is 0.575. The standard InChI is InChI=1S/C6H14N2O/c1-3-6(9)8(2)5-4-7/h3-5,7H2,1-2H3. The van der Waals surface area contributed by atoms with Crippen LogP contribution >= 0.6 is 0 Å². The van der Waals surface area contributed by atoms with Crippen LogP contribution in [-0.2, 0) is 4.79 Å². The van der Waals surface area contributed by atoms with Gasteiger partial charge in [-0.25, -0.2) is 0 Å². The molecule has 0 aliphatic heterocycles. The van der Waals surface area contributed by atoms with Crippen LogP contribution in [0, 0.1) is 0 Å². The largest absolute Gasteiger partial charge is 0.345 e. The van der Waals surface area contributed by atoms with Gasteiger partial charge in [0.15, 0.2) is 0 Å². The number of carbonyl (C=O) groups is 1. The molecule has 0 radical (unpaired) electrons. The van der Waals surface area contributed by atoms with Crippen LogP contribution in [-0.4, -0.2) is 30.9 Å². The molecule has 0 aromatic rings. The molecule has 0 aromatic carbocycles. The van der Waals surface area contributed by atoms with Gasteiger partial charge in [0.25, 0.3) is 0 Å². The number of hydrogen-bond acceptors (Lipinski definition) is 2. The minimum absolute atomic E-state index is 0.153. The Morgan fingerprint density at radius 3 is 2.56 bits per heavy atom. The number of carbonyl (C=O) groups excluding carboxylic acids is 1. The Labute approximate surface area is 55.8 Å². The molecule has 0 rings (SSSR count). The second kappa shape index (κ2) is 4.32. The van der Waals surface area contributed by atoms with E-state index in [9.17, 15) is 4.79 Å². The second-order valence-electron chi connectivity index (χ2n) is 1.96. The summed E-state index contributed by atoms with van der Waals surface area (Å²) in [5.41, 5.74) is 5.23. The molecule has 0 heterocycles. The average Bonchev–Trinajstić information content (AvgIpc) is 1.87. The molecular formula is C6H14N2O. The van der Waals surface area contributed by atoms with E-state index in [1.54, 1.807) is 11.9 Å². The van der Waals surface area contributed by atoms with Crippen LogP contribution in [0.2, 0.25) is 0 Å². The maximum atomic E-state index is 10.8. The van der Waals surface area contributed by atoms with Gasteiger partial charge < -0.3 is 10.6 Å². The second-order valence-corrected chi connectivity index (χ2v) is 1.96. The van der Waals surface area contributed by atoms with Crippen molar-refractivity contribution < 1.29 is 4.79 Å². The van der Waals surface area contributed by atoms with E-state index in [-0.39, 0.29) is 5.91 Å². The monoisotopic (exact) mass is 130 g/mol. The third-order valence-corrected chi connectivity index (χ3v) is 1.19. The molecule has 1 amide bonds. The molecule has 0 bridgehead atoms. The Kier molecular flexibility index (Phi) is 4.05. The fourth-order valence-corrected chi connectivity index (χ4v) is 0.588. The van der Waals surface area contributed by atoms with Crippen molar-refractivity contribution in [2.45, 2.75) is 13.3 Å². The molecular weight excluding hydrogens is 116 g/mol. The van der Waals surface area contributed by atoms with E-state index in [0.29, 0.717) is 19.5 Å². The number of hydrogen-bond donors (Lipinski definition) is 1. The van der Waals surface area contributed by atoms with Gasteiger partial charge in [-0.1, -0.05) is 6.92 Å². The Morgan fingerprint density at radius 1 is 1.67 bits per heavy atom. The van der Waals surface area contributed by atoms with Crippen molar-refractivity contribution in [1.29, 1.82) is 0 Å². The van der Waals surface area contributed by atoms with Gasteiger partial charge in [0, 0.05) is 26.6 Å². The van der Waals surface area contributed by atoms with E-state index in [0.717, 1.165) is 0 Å². The summed E-state index contributed by atoms with van der Waals surface area (Å²) in [7, 11) is 1.76. The first kappa shape index (κ1) is 8.43. The number of likely N-dealkylation sites (N-methyl/N-ethyl adjacent to an activating group) is 1. The topological polar surface area (TPSA) is 46.3 Å². The van der Waals surface area contributed by atoms with Crippen LogP contribution in [0.15, 0.2) is 0 Å². The molecule has 0 fully saturated rings. The molecule has 0 saturated heterocycles. The summed E-state index contributed by atoms with van der Waals surface area (Å²) in [6.45, 7) is 3.05. The first-order valence-electron chi connectivity index (χ1n) is 3.16. The SMILES string of the molecule is CCC(=O)N(C)CCN. The number of nitrogens with two attached hydrogens (primary N) is 1. The zero-order valence-corrected chi connectivity index (χ0v) is 6.05. The highest BCUT2D eigenvalue weighted by molar-refractivity contribution is 5.75. The number of nitrogens with zero attached hydrogens (tertiary/aromatic N) is 1. The van der Waals surface area contributed by atoms with Crippen molar-refractivity contribution in [3.63, 3.8) is 0 Å². The molecule has 2 N–H and O–H groups in total. The minimum atomic E-state index is 0.153. The van der Waals surface area contributed by atoms with E-state index in [1.165, 1.54) is 0 Å². The van der Waals surface area contributed by atoms with Crippen molar-refractivity contribution >= 4 is 5.91 Å². The van der Waals surface area contributed by atoms with E-state index >= 15 is 0 Å². The van der Waals surface area contributed by atoms with Gasteiger partial charge in [0.05, 0.1) is 0 Å². The fraction of sp³-hybridized carbons (Fsp3) is 0.833. The smallest absolute Gasteiger partial charge is 0.222 e. The highest BCUT2D eigenvalue weighted by atomic mass is 16.2. The Balaban J connectivity index is 3.45. The Morgan fingerprint density at radius 2 is 2.22 bits per heavy atom. The molecule has 0 aliphatic carbocycles. The first-order chi connectivity index (χ1) is 4.22. The summed E-state index contributed by atoms with van der Waals surface area (Å²) in [4.78, 5) is 12.4. The van der Waals surface area contributed by atoms with E-state index in [1.807, 2.05) is 6.92 Å². The average molecular weight is 130 g/mol. The van der Waals surface area contributed by atoms with Crippen LogP contribution in [0.1, 0.15) is 13.3 Å². The third kappa shape index (κ3) is 3.08. The molecule has 0 spiro atoms. The molecule has 0 aromatic heterocycles. The highest BCUT2D eigenvalue weighted by Crippen LogP contribution is 1.86. The van der Waals surface area contributed by atoms with E-state index in [2.05, 4.69) is 0 Å². The van der Waals surface area contributed by atoms with Gasteiger partial charge >= 0.3 is 0 Å². The predicted octanol–water partition coefficient (Wildman–Crippen LogP) is -0.186. The van der Waals surface area contributed by atoms with Gasteiger partial charge in [-0.2, -0.15) is 0 Å². The normalized spacial score (nSPS) is 9.22. The van der Waals surface area contributed by atoms with Crippen LogP contribution in [0.4, 0.5) is 0 Å². The maximum absolute atomic E-state index is 10.8. The van der Waals surface area contributed by atoms with E-state index in [4.69, 9.17) is 5.73 Å². The lowest BCUT2D eigenvalue weighted by Crippen LogP contribution is -2.30. The third-order valence-electron chi connectivity index (χ3n) is 1.19. The minimum Gasteiger partial charge on any atom is -0.345 e. The number of rotatable bonds is 3. The molecule has 3 nitrogen and oxygen atoms in total. The lowest BCUT2D eigenvalue weighted by molar-refractivity contribution is -0.129. The molecule has 9 heavy (non-hydrogen) atoms. The van der Waals surface area contributed by atoms with Crippen LogP contribution in [0.5, 0.6) is 0 Å². The van der Waals surface area contributed by atoms with Gasteiger partial charge in [0.1, 0.15) is 0 Å². The molecule has 0 atom stereocenters. The maximum Gasteiger partial charge on any atom is 0.222 e. The van der Waals surface area contributed by atoms with Crippen molar-refractivity contribution in [3.05, 3.63) is 0 Å². The van der Waals surface area contributed by atoms with Crippen LogP contribution < -0.4 is 5.73 Å². The summed E-state index contributed by atoms with van der Waals surface area (Å²) < 4.78 is 0. The summed E-state index contributed by atoms with van der Waals surface area (Å²) >= 11 is 0. The zero-order valence-electron chi connectivity index (χ0n) is 6.05. The Bertz CT molecular complexity index is 93.1. The summed E-state index contributed by atoms with van der Waals surface area (Å²) in [6, 6.07) is 0. The molecule has 3 heteroatoms. The zero-order chi connectivity index (χ0) is 7.28. The van der Waals surface area contributed by atoms with Crippen molar-refractivity contribution in [2.75, 3.05) is 20.1 Å². The molecule has 54 valence electrons. The van der Waals surface area contributed by atoms with E-state index < -0.39 is 0 Å².